The summed E-state index contributed by atoms with van der Waals surface area (Å²) in [6.45, 7) is 6.11. The number of amides is 1. The lowest BCUT2D eigenvalue weighted by atomic mass is 9.95. The Hall–Kier alpha value is -1.26. The van der Waals surface area contributed by atoms with Crippen LogP contribution in [0.25, 0.3) is 0 Å². The minimum absolute atomic E-state index is 0. The van der Waals surface area contributed by atoms with Crippen LogP contribution in [0.2, 0.25) is 0 Å². The van der Waals surface area contributed by atoms with Crippen molar-refractivity contribution in [1.29, 1.82) is 0 Å². The maximum Gasteiger partial charge on any atom is 0.220 e. The number of nitrogens with one attached hydrogen (secondary N) is 1. The topological polar surface area (TPSA) is 64.3 Å². The van der Waals surface area contributed by atoms with Gasteiger partial charge in [-0.15, -0.1) is 12.4 Å². The number of halogens is 1. The molecular weight excluding hydrogens is 288 g/mol. The monoisotopic (exact) mass is 314 g/mol. The van der Waals surface area contributed by atoms with Crippen LogP contribution in [0.3, 0.4) is 0 Å². The molecular formula is C16H27ClN2O2. The molecule has 1 aromatic carbocycles. The van der Waals surface area contributed by atoms with E-state index in [1.54, 1.807) is 7.11 Å². The number of benzene rings is 1. The van der Waals surface area contributed by atoms with Gasteiger partial charge in [0, 0.05) is 12.5 Å². The van der Waals surface area contributed by atoms with E-state index in [1.807, 2.05) is 31.2 Å². The van der Waals surface area contributed by atoms with E-state index in [2.05, 4.69) is 19.2 Å². The van der Waals surface area contributed by atoms with Crippen molar-refractivity contribution in [2.45, 2.75) is 45.7 Å². The van der Waals surface area contributed by atoms with Crippen molar-refractivity contribution in [3.63, 3.8) is 0 Å². The predicted octanol–water partition coefficient (Wildman–Crippen LogP) is 3.06. The molecule has 0 spiro atoms. The summed E-state index contributed by atoms with van der Waals surface area (Å²) >= 11 is 0. The van der Waals surface area contributed by atoms with Crippen molar-refractivity contribution >= 4 is 18.3 Å². The number of nitrogens with two attached hydrogens (primary N) is 1. The Morgan fingerprint density at radius 1 is 1.24 bits per heavy atom. The lowest BCUT2D eigenvalue weighted by Gasteiger charge is -2.23. The van der Waals surface area contributed by atoms with Crippen LogP contribution in [-0.4, -0.2) is 19.1 Å². The van der Waals surface area contributed by atoms with Gasteiger partial charge in [-0.05, 0) is 37.0 Å². The van der Waals surface area contributed by atoms with Crippen LogP contribution in [0.4, 0.5) is 0 Å². The number of rotatable bonds is 7. The van der Waals surface area contributed by atoms with E-state index in [0.29, 0.717) is 18.8 Å². The molecule has 1 aromatic rings. The average Bonchev–Trinajstić information content (AvgIpc) is 2.42. The molecule has 0 bridgehead atoms. The second-order valence-electron chi connectivity index (χ2n) is 5.58. The van der Waals surface area contributed by atoms with Crippen LogP contribution < -0.4 is 15.8 Å². The second kappa shape index (κ2) is 9.64. The van der Waals surface area contributed by atoms with Gasteiger partial charge in [0.1, 0.15) is 5.75 Å². The lowest BCUT2D eigenvalue weighted by Crippen LogP contribution is -2.32. The van der Waals surface area contributed by atoms with Crippen LogP contribution in [0, 0.1) is 5.92 Å². The minimum Gasteiger partial charge on any atom is -0.497 e. The minimum atomic E-state index is 0. The largest absolute Gasteiger partial charge is 0.497 e. The fourth-order valence-corrected chi connectivity index (χ4v) is 2.05. The van der Waals surface area contributed by atoms with Gasteiger partial charge in [0.25, 0.3) is 0 Å². The molecule has 21 heavy (non-hydrogen) atoms. The number of hydrogen-bond donors (Lipinski definition) is 2. The summed E-state index contributed by atoms with van der Waals surface area (Å²) in [6.07, 6.45) is 1.18. The molecule has 0 aliphatic heterocycles. The summed E-state index contributed by atoms with van der Waals surface area (Å²) in [5.74, 6) is 1.19. The average molecular weight is 315 g/mol. The van der Waals surface area contributed by atoms with Gasteiger partial charge in [-0.25, -0.2) is 0 Å². The van der Waals surface area contributed by atoms with Gasteiger partial charge >= 0.3 is 0 Å². The highest BCUT2D eigenvalue weighted by molar-refractivity contribution is 5.85. The van der Waals surface area contributed by atoms with Gasteiger partial charge in [-0.3, -0.25) is 4.79 Å². The van der Waals surface area contributed by atoms with Gasteiger partial charge in [-0.1, -0.05) is 26.0 Å². The molecule has 0 aliphatic carbocycles. The Labute approximate surface area is 133 Å². The van der Waals surface area contributed by atoms with Crippen molar-refractivity contribution in [2.24, 2.45) is 11.7 Å². The van der Waals surface area contributed by atoms with E-state index >= 15 is 0 Å². The highest BCUT2D eigenvalue weighted by Crippen LogP contribution is 2.24. The zero-order valence-corrected chi connectivity index (χ0v) is 14.1. The Bertz CT molecular complexity index is 419. The Morgan fingerprint density at radius 2 is 1.81 bits per heavy atom. The molecule has 2 atom stereocenters. The first kappa shape index (κ1) is 19.7. The first-order chi connectivity index (χ1) is 9.43. The maximum absolute atomic E-state index is 12.0. The number of carbonyl (C=O) groups is 1. The van der Waals surface area contributed by atoms with E-state index < -0.39 is 0 Å². The first-order valence-electron chi connectivity index (χ1n) is 7.13. The molecule has 3 N–H and O–H groups in total. The fourth-order valence-electron chi connectivity index (χ4n) is 2.05. The molecule has 0 aliphatic rings. The third-order valence-corrected chi connectivity index (χ3v) is 3.28. The number of hydrogen-bond acceptors (Lipinski definition) is 3. The zero-order valence-electron chi connectivity index (χ0n) is 13.3. The molecule has 0 aromatic heterocycles. The number of methoxy groups -OCH3 is 1. The van der Waals surface area contributed by atoms with Crippen LogP contribution in [0.15, 0.2) is 24.3 Å². The molecule has 0 saturated heterocycles. The molecule has 1 rings (SSSR count). The third kappa shape index (κ3) is 6.82. The van der Waals surface area contributed by atoms with E-state index in [4.69, 9.17) is 10.5 Å². The normalized spacial score (nSPS) is 13.2. The molecule has 2 unspecified atom stereocenters. The van der Waals surface area contributed by atoms with Crippen molar-refractivity contribution in [3.8, 4) is 5.75 Å². The fraction of sp³-hybridized carbons (Fsp3) is 0.562. The quantitative estimate of drug-likeness (QED) is 0.813. The summed E-state index contributed by atoms with van der Waals surface area (Å²) in [4.78, 5) is 12.0. The standard InChI is InChI=1S/C16H26N2O2.ClH/c1-11(2)16(18-15(19)10-5-12(3)17)13-6-8-14(20-4)9-7-13;/h6-9,11-12,16H,5,10,17H2,1-4H3,(H,18,19);1H. The van der Waals surface area contributed by atoms with Crippen molar-refractivity contribution in [3.05, 3.63) is 29.8 Å². The van der Waals surface area contributed by atoms with Gasteiger partial charge < -0.3 is 15.8 Å². The molecule has 0 heterocycles. The van der Waals surface area contributed by atoms with Crippen LogP contribution in [-0.2, 0) is 4.79 Å². The summed E-state index contributed by atoms with van der Waals surface area (Å²) < 4.78 is 5.15. The Morgan fingerprint density at radius 3 is 2.24 bits per heavy atom. The Kier molecular flexibility index (Phi) is 9.06. The number of ether oxygens (including phenoxy) is 1. The van der Waals surface area contributed by atoms with E-state index in [0.717, 1.165) is 11.3 Å². The van der Waals surface area contributed by atoms with Gasteiger partial charge in [0.05, 0.1) is 13.2 Å². The summed E-state index contributed by atoms with van der Waals surface area (Å²) in [6, 6.07) is 7.89. The first-order valence-corrected chi connectivity index (χ1v) is 7.13. The highest BCUT2D eigenvalue weighted by Gasteiger charge is 2.18. The van der Waals surface area contributed by atoms with Crippen LogP contribution in [0.5, 0.6) is 5.75 Å². The molecule has 5 heteroatoms. The Balaban J connectivity index is 0.00000400. The van der Waals surface area contributed by atoms with Crippen molar-refractivity contribution in [1.82, 2.24) is 5.32 Å². The molecule has 4 nitrogen and oxygen atoms in total. The van der Waals surface area contributed by atoms with Crippen LogP contribution in [0.1, 0.15) is 45.2 Å². The smallest absolute Gasteiger partial charge is 0.220 e. The molecule has 0 fully saturated rings. The zero-order chi connectivity index (χ0) is 15.1. The summed E-state index contributed by atoms with van der Waals surface area (Å²) in [7, 11) is 1.64. The summed E-state index contributed by atoms with van der Waals surface area (Å²) in [5, 5.41) is 3.09. The van der Waals surface area contributed by atoms with Gasteiger partial charge in [0.2, 0.25) is 5.91 Å². The van der Waals surface area contributed by atoms with Gasteiger partial charge in [-0.2, -0.15) is 0 Å². The van der Waals surface area contributed by atoms with E-state index in [1.165, 1.54) is 0 Å². The maximum atomic E-state index is 12.0. The van der Waals surface area contributed by atoms with Crippen LogP contribution >= 0.6 is 12.4 Å². The van der Waals surface area contributed by atoms with E-state index in [9.17, 15) is 4.79 Å². The SMILES string of the molecule is COc1ccc(C(NC(=O)CCC(C)N)C(C)C)cc1.Cl. The molecule has 0 saturated carbocycles. The molecule has 0 radical (unpaired) electrons. The van der Waals surface area contributed by atoms with Crippen molar-refractivity contribution < 1.29 is 9.53 Å². The lowest BCUT2D eigenvalue weighted by molar-refractivity contribution is -0.122. The highest BCUT2D eigenvalue weighted by atomic mass is 35.5. The summed E-state index contributed by atoms with van der Waals surface area (Å²) in [5.41, 5.74) is 6.77. The second-order valence-corrected chi connectivity index (χ2v) is 5.58. The molecule has 1 amide bonds. The third-order valence-electron chi connectivity index (χ3n) is 3.28. The predicted molar refractivity (Wildman–Crippen MR) is 88.8 cm³/mol. The van der Waals surface area contributed by atoms with E-state index in [-0.39, 0.29) is 30.4 Å². The van der Waals surface area contributed by atoms with Crippen molar-refractivity contribution in [2.75, 3.05) is 7.11 Å². The van der Waals surface area contributed by atoms with Gasteiger partial charge in [0.15, 0.2) is 0 Å². The number of carbonyl (C=O) groups excluding carboxylic acids is 1. The molecule has 120 valence electrons.